The van der Waals surface area contributed by atoms with Gasteiger partial charge in [-0.2, -0.15) is 0 Å². The zero-order valence-corrected chi connectivity index (χ0v) is 14.6. The van der Waals surface area contributed by atoms with Crippen LogP contribution in [0.3, 0.4) is 0 Å². The van der Waals surface area contributed by atoms with E-state index >= 15 is 0 Å². The molecule has 2 heterocycles. The number of hydrogen-bond donors (Lipinski definition) is 0. The molecule has 0 spiro atoms. The average molecular weight is 357 g/mol. The van der Waals surface area contributed by atoms with Gasteiger partial charge in [0.05, 0.1) is 4.88 Å². The smallest absolute Gasteiger partial charge is 0.331 e. The van der Waals surface area contributed by atoms with Gasteiger partial charge in [0.1, 0.15) is 12.3 Å². The number of aromatic nitrogens is 1. The van der Waals surface area contributed by atoms with Gasteiger partial charge < -0.3 is 9.26 Å². The number of benzene rings is 1. The first-order valence-electron chi connectivity index (χ1n) is 7.23. The third kappa shape index (κ3) is 4.37. The van der Waals surface area contributed by atoms with Crippen molar-refractivity contribution >= 4 is 35.1 Å². The Labute approximate surface area is 148 Å². The molecule has 0 aliphatic heterocycles. The Balaban J connectivity index is 1.52. The molecule has 0 aliphatic carbocycles. The molecule has 0 fully saturated rings. The minimum Gasteiger partial charge on any atom is -0.456 e. The van der Waals surface area contributed by atoms with Gasteiger partial charge in [-0.3, -0.25) is 0 Å². The number of thioether (sulfide) groups is 1. The largest absolute Gasteiger partial charge is 0.456 e. The lowest BCUT2D eigenvalue weighted by atomic mass is 10.2. The molecule has 24 heavy (non-hydrogen) atoms. The van der Waals surface area contributed by atoms with Crippen LogP contribution in [0.25, 0.3) is 16.7 Å². The number of hydrogen-bond acceptors (Lipinski definition) is 6. The van der Waals surface area contributed by atoms with E-state index in [9.17, 15) is 4.79 Å². The summed E-state index contributed by atoms with van der Waals surface area (Å²) in [6.45, 7) is 0.0868. The van der Waals surface area contributed by atoms with Gasteiger partial charge in [-0.05, 0) is 41.5 Å². The van der Waals surface area contributed by atoms with Gasteiger partial charge in [0.15, 0.2) is 5.76 Å². The van der Waals surface area contributed by atoms with Crippen LogP contribution >= 0.6 is 23.1 Å². The standard InChI is InChI=1S/C18H15NO3S2/c1-23-15-7-4-13(5-8-15)6-9-18(20)21-12-14-11-16(22-19-14)17-3-2-10-24-17/h2-11H,12H2,1H3/b9-6+. The second-order valence-electron chi connectivity index (χ2n) is 4.87. The van der Waals surface area contributed by atoms with Crippen LogP contribution in [0.1, 0.15) is 11.3 Å². The second kappa shape index (κ2) is 7.99. The summed E-state index contributed by atoms with van der Waals surface area (Å²) in [5.74, 6) is 0.269. The molecule has 0 atom stereocenters. The minimum absolute atomic E-state index is 0.0868. The molecule has 0 aliphatic rings. The molecule has 0 amide bonds. The molecule has 2 aromatic heterocycles. The molecule has 4 nitrogen and oxygen atoms in total. The fraction of sp³-hybridized carbons (Fsp3) is 0.111. The van der Waals surface area contributed by atoms with Gasteiger partial charge in [-0.1, -0.05) is 23.4 Å². The van der Waals surface area contributed by atoms with Crippen molar-refractivity contribution in [2.24, 2.45) is 0 Å². The Morgan fingerprint density at radius 3 is 2.88 bits per heavy atom. The molecular formula is C18H15NO3S2. The Morgan fingerprint density at radius 1 is 1.33 bits per heavy atom. The van der Waals surface area contributed by atoms with E-state index in [1.165, 1.54) is 11.0 Å². The lowest BCUT2D eigenvalue weighted by Gasteiger charge is -1.98. The van der Waals surface area contributed by atoms with Crippen molar-refractivity contribution in [3.8, 4) is 10.6 Å². The quantitative estimate of drug-likeness (QED) is 0.357. The molecule has 0 saturated carbocycles. The molecule has 6 heteroatoms. The third-order valence-electron chi connectivity index (χ3n) is 3.21. The molecular weight excluding hydrogens is 342 g/mol. The molecule has 122 valence electrons. The van der Waals surface area contributed by atoms with Crippen LogP contribution in [0.2, 0.25) is 0 Å². The predicted molar refractivity (Wildman–Crippen MR) is 96.9 cm³/mol. The van der Waals surface area contributed by atoms with Gasteiger partial charge in [0, 0.05) is 17.0 Å². The fourth-order valence-electron chi connectivity index (χ4n) is 1.99. The van der Waals surface area contributed by atoms with Crippen molar-refractivity contribution in [1.29, 1.82) is 0 Å². The Hall–Kier alpha value is -2.31. The third-order valence-corrected chi connectivity index (χ3v) is 4.84. The lowest BCUT2D eigenvalue weighted by Crippen LogP contribution is -2.00. The molecule has 0 saturated heterocycles. The first kappa shape index (κ1) is 16.5. The van der Waals surface area contributed by atoms with E-state index in [2.05, 4.69) is 5.16 Å². The maximum absolute atomic E-state index is 11.8. The summed E-state index contributed by atoms with van der Waals surface area (Å²) >= 11 is 3.25. The lowest BCUT2D eigenvalue weighted by molar-refractivity contribution is -0.139. The normalized spacial score (nSPS) is 11.0. The van der Waals surface area contributed by atoms with Crippen LogP contribution in [0.15, 0.2) is 63.3 Å². The van der Waals surface area contributed by atoms with Gasteiger partial charge in [0.2, 0.25) is 0 Å². The minimum atomic E-state index is -0.412. The topological polar surface area (TPSA) is 52.3 Å². The van der Waals surface area contributed by atoms with E-state index < -0.39 is 5.97 Å². The number of ether oxygens (including phenoxy) is 1. The highest BCUT2D eigenvalue weighted by Crippen LogP contribution is 2.25. The molecule has 3 aromatic rings. The van der Waals surface area contributed by atoms with Gasteiger partial charge in [-0.25, -0.2) is 4.79 Å². The van der Waals surface area contributed by atoms with Crippen LogP contribution in [0.4, 0.5) is 0 Å². The summed E-state index contributed by atoms with van der Waals surface area (Å²) in [6.07, 6.45) is 5.16. The second-order valence-corrected chi connectivity index (χ2v) is 6.70. The Kier molecular flexibility index (Phi) is 5.51. The summed E-state index contributed by atoms with van der Waals surface area (Å²) in [5.41, 5.74) is 1.54. The molecule has 0 N–H and O–H groups in total. The van der Waals surface area contributed by atoms with Crippen molar-refractivity contribution in [3.05, 3.63) is 65.2 Å². The molecule has 0 unspecified atom stereocenters. The van der Waals surface area contributed by atoms with Crippen LogP contribution in [-0.4, -0.2) is 17.4 Å². The SMILES string of the molecule is CSc1ccc(/C=C/C(=O)OCc2cc(-c3cccs3)on2)cc1. The first-order valence-corrected chi connectivity index (χ1v) is 9.33. The number of thiophene rings is 1. The van der Waals surface area contributed by atoms with Crippen LogP contribution in [0.5, 0.6) is 0 Å². The van der Waals surface area contributed by atoms with Crippen molar-refractivity contribution in [2.75, 3.05) is 6.26 Å². The van der Waals surface area contributed by atoms with Gasteiger partial charge >= 0.3 is 5.97 Å². The van der Waals surface area contributed by atoms with E-state index in [0.29, 0.717) is 11.5 Å². The van der Waals surface area contributed by atoms with E-state index in [1.54, 1.807) is 35.2 Å². The number of nitrogens with zero attached hydrogens (tertiary/aromatic N) is 1. The highest BCUT2D eigenvalue weighted by Gasteiger charge is 2.08. The van der Waals surface area contributed by atoms with E-state index in [-0.39, 0.29) is 6.61 Å². The van der Waals surface area contributed by atoms with Crippen molar-refractivity contribution < 1.29 is 14.1 Å². The van der Waals surface area contributed by atoms with Crippen molar-refractivity contribution in [1.82, 2.24) is 5.16 Å². The van der Waals surface area contributed by atoms with Crippen molar-refractivity contribution in [3.63, 3.8) is 0 Å². The summed E-state index contributed by atoms with van der Waals surface area (Å²) in [6, 6.07) is 13.6. The van der Waals surface area contributed by atoms with Crippen LogP contribution in [-0.2, 0) is 16.1 Å². The zero-order chi connectivity index (χ0) is 16.8. The van der Waals surface area contributed by atoms with Gasteiger partial charge in [-0.15, -0.1) is 23.1 Å². The Bertz CT molecular complexity index is 820. The monoisotopic (exact) mass is 357 g/mol. The molecule has 0 bridgehead atoms. The Morgan fingerprint density at radius 2 is 2.17 bits per heavy atom. The van der Waals surface area contributed by atoms with Crippen LogP contribution in [0, 0.1) is 0 Å². The summed E-state index contributed by atoms with van der Waals surface area (Å²) in [4.78, 5) is 14.0. The van der Waals surface area contributed by atoms with Crippen LogP contribution < -0.4 is 0 Å². The van der Waals surface area contributed by atoms with E-state index in [1.807, 2.05) is 48.0 Å². The summed E-state index contributed by atoms with van der Waals surface area (Å²) < 4.78 is 10.4. The number of rotatable bonds is 6. The summed E-state index contributed by atoms with van der Waals surface area (Å²) in [5, 5.41) is 5.88. The fourth-order valence-corrected chi connectivity index (χ4v) is 3.07. The predicted octanol–water partition coefficient (Wildman–Crippen LogP) is 4.88. The first-order chi connectivity index (χ1) is 11.7. The molecule has 1 aromatic carbocycles. The number of carbonyl (C=O) groups excluding carboxylic acids is 1. The highest BCUT2D eigenvalue weighted by molar-refractivity contribution is 7.98. The van der Waals surface area contributed by atoms with Gasteiger partial charge in [0.25, 0.3) is 0 Å². The number of esters is 1. The van der Waals surface area contributed by atoms with Crippen molar-refractivity contribution in [2.45, 2.75) is 11.5 Å². The van der Waals surface area contributed by atoms with E-state index in [0.717, 1.165) is 10.4 Å². The maximum Gasteiger partial charge on any atom is 0.331 e. The highest BCUT2D eigenvalue weighted by atomic mass is 32.2. The average Bonchev–Trinajstić information content (AvgIpc) is 3.29. The molecule has 0 radical (unpaired) electrons. The van der Waals surface area contributed by atoms with E-state index in [4.69, 9.17) is 9.26 Å². The zero-order valence-electron chi connectivity index (χ0n) is 13.0. The molecule has 3 rings (SSSR count). The number of carbonyl (C=O) groups is 1. The maximum atomic E-state index is 11.8. The summed E-state index contributed by atoms with van der Waals surface area (Å²) in [7, 11) is 0.